The molecule has 0 spiro atoms. The Balaban J connectivity index is 0.000000436. The first-order valence-corrected chi connectivity index (χ1v) is 17.4. The zero-order valence-corrected chi connectivity index (χ0v) is 24.4. The fourth-order valence-electron chi connectivity index (χ4n) is 5.04. The molecule has 0 radical (unpaired) electrons. The largest absolute Gasteiger partial charge is 0.490 e. The van der Waals surface area contributed by atoms with Crippen molar-refractivity contribution in [3.63, 3.8) is 0 Å². The van der Waals surface area contributed by atoms with E-state index >= 15 is 0 Å². The molecule has 2 aromatic rings. The minimum Gasteiger partial charge on any atom is -0.490 e. The van der Waals surface area contributed by atoms with Gasteiger partial charge < -0.3 is 4.74 Å². The lowest BCUT2D eigenvalue weighted by molar-refractivity contribution is 0.124. The normalized spacial score (nSPS) is 21.5. The quantitative estimate of drug-likeness (QED) is 0.472. The van der Waals surface area contributed by atoms with Crippen LogP contribution in [0.4, 0.5) is 8.78 Å². The Kier molecular flexibility index (Phi) is 8.99. The molecule has 4 rings (SSSR count). The van der Waals surface area contributed by atoms with Crippen molar-refractivity contribution in [2.24, 2.45) is 5.92 Å². The van der Waals surface area contributed by atoms with Crippen LogP contribution in [0.2, 0.25) is 0 Å². The number of ether oxygens (including phenoxy) is 1. The SMILES string of the molecule is CCS(=O)(=O)C(C)C.CCS(=O)(=O)c1ccc(S(=O)(=O)[C@@]23CCCCC2COc2c(F)ccc(F)c23)cc1. The van der Waals surface area contributed by atoms with Gasteiger partial charge in [-0.25, -0.2) is 34.0 Å². The van der Waals surface area contributed by atoms with Crippen molar-refractivity contribution >= 4 is 29.5 Å². The molecule has 1 aliphatic heterocycles. The maximum Gasteiger partial charge on any atom is 0.188 e. The van der Waals surface area contributed by atoms with Gasteiger partial charge in [-0.2, -0.15) is 0 Å². The van der Waals surface area contributed by atoms with Gasteiger partial charge in [0, 0.05) is 11.7 Å². The molecule has 1 fully saturated rings. The van der Waals surface area contributed by atoms with Crippen LogP contribution in [-0.2, 0) is 34.3 Å². The van der Waals surface area contributed by atoms with E-state index in [0.717, 1.165) is 18.6 Å². The first-order chi connectivity index (χ1) is 17.7. The van der Waals surface area contributed by atoms with Crippen LogP contribution in [0, 0.1) is 17.6 Å². The molecule has 1 saturated carbocycles. The van der Waals surface area contributed by atoms with Crippen molar-refractivity contribution in [1.29, 1.82) is 0 Å². The molecule has 7 nitrogen and oxygen atoms in total. The Morgan fingerprint density at radius 3 is 1.97 bits per heavy atom. The number of sulfone groups is 3. The first kappa shape index (κ1) is 30.5. The minimum absolute atomic E-state index is 0.0189. The number of benzene rings is 2. The average molecular weight is 593 g/mol. The van der Waals surface area contributed by atoms with E-state index < -0.39 is 51.8 Å². The first-order valence-electron chi connectivity index (χ1n) is 12.6. The molecular weight excluding hydrogens is 558 g/mol. The topological polar surface area (TPSA) is 112 Å². The van der Waals surface area contributed by atoms with E-state index in [9.17, 15) is 34.0 Å². The molecular formula is C26H34F2O7S3. The highest BCUT2D eigenvalue weighted by Crippen LogP contribution is 2.56. The third kappa shape index (κ3) is 5.36. The van der Waals surface area contributed by atoms with Crippen LogP contribution in [0.5, 0.6) is 5.75 Å². The maximum atomic E-state index is 15.0. The maximum absolute atomic E-state index is 15.0. The number of hydrogen-bond donors (Lipinski definition) is 0. The smallest absolute Gasteiger partial charge is 0.188 e. The lowest BCUT2D eigenvalue weighted by Crippen LogP contribution is -2.50. The summed E-state index contributed by atoms with van der Waals surface area (Å²) in [6.07, 6.45) is 1.97. The predicted molar refractivity (Wildman–Crippen MR) is 141 cm³/mol. The van der Waals surface area contributed by atoms with E-state index in [4.69, 9.17) is 4.74 Å². The summed E-state index contributed by atoms with van der Waals surface area (Å²) in [5.41, 5.74) is -0.247. The molecule has 0 N–H and O–H groups in total. The van der Waals surface area contributed by atoms with E-state index in [1.165, 1.54) is 31.2 Å². The molecule has 1 aliphatic carbocycles. The molecule has 0 amide bonds. The molecule has 2 atom stereocenters. The van der Waals surface area contributed by atoms with Gasteiger partial charge in [0.15, 0.2) is 41.1 Å². The molecule has 2 aliphatic rings. The summed E-state index contributed by atoms with van der Waals surface area (Å²) in [6.45, 7) is 6.53. The van der Waals surface area contributed by atoms with Gasteiger partial charge in [-0.1, -0.05) is 26.7 Å². The second kappa shape index (κ2) is 11.2. The zero-order chi connectivity index (χ0) is 28.5. The van der Waals surface area contributed by atoms with Gasteiger partial charge in [-0.05, 0) is 63.1 Å². The molecule has 2 aromatic carbocycles. The molecule has 0 bridgehead atoms. The van der Waals surface area contributed by atoms with Gasteiger partial charge in [0.25, 0.3) is 0 Å². The van der Waals surface area contributed by atoms with E-state index in [-0.39, 0.29) is 50.9 Å². The van der Waals surface area contributed by atoms with Crippen LogP contribution in [0.15, 0.2) is 46.2 Å². The van der Waals surface area contributed by atoms with Crippen LogP contribution in [-0.4, -0.2) is 48.6 Å². The lowest BCUT2D eigenvalue weighted by atomic mass is 9.73. The van der Waals surface area contributed by atoms with Gasteiger partial charge in [0.05, 0.1) is 33.0 Å². The van der Waals surface area contributed by atoms with Gasteiger partial charge in [0.2, 0.25) is 0 Å². The Labute approximate surface area is 224 Å². The van der Waals surface area contributed by atoms with E-state index in [0.29, 0.717) is 12.8 Å². The van der Waals surface area contributed by atoms with Gasteiger partial charge in [-0.15, -0.1) is 0 Å². The summed E-state index contributed by atoms with van der Waals surface area (Å²) in [7, 11) is -10.4. The highest BCUT2D eigenvalue weighted by atomic mass is 32.2. The average Bonchev–Trinajstić information content (AvgIpc) is 2.90. The molecule has 1 heterocycles. The highest BCUT2D eigenvalue weighted by molar-refractivity contribution is 7.92. The van der Waals surface area contributed by atoms with Crippen LogP contribution >= 0.6 is 0 Å². The molecule has 0 saturated heterocycles. The summed E-state index contributed by atoms with van der Waals surface area (Å²) in [6, 6.07) is 6.85. The fraction of sp³-hybridized carbons (Fsp3) is 0.538. The van der Waals surface area contributed by atoms with Crippen LogP contribution in [0.25, 0.3) is 0 Å². The number of rotatable bonds is 6. The highest BCUT2D eigenvalue weighted by Gasteiger charge is 2.58. The summed E-state index contributed by atoms with van der Waals surface area (Å²) < 4.78 is 107. The minimum atomic E-state index is -4.19. The number of fused-ring (bicyclic) bond motifs is 3. The van der Waals surface area contributed by atoms with E-state index in [2.05, 4.69) is 0 Å². The summed E-state index contributed by atoms with van der Waals surface area (Å²) in [4.78, 5) is -0.0905. The Morgan fingerprint density at radius 2 is 1.45 bits per heavy atom. The van der Waals surface area contributed by atoms with Crippen LogP contribution < -0.4 is 4.74 Å². The second-order valence-corrected chi connectivity index (χ2v) is 17.1. The molecule has 12 heteroatoms. The van der Waals surface area contributed by atoms with Crippen molar-refractivity contribution in [1.82, 2.24) is 0 Å². The van der Waals surface area contributed by atoms with Gasteiger partial charge in [0.1, 0.15) is 10.6 Å². The summed E-state index contributed by atoms with van der Waals surface area (Å²) in [5.74, 6) is -2.34. The lowest BCUT2D eigenvalue weighted by Gasteiger charge is -2.47. The number of halogens is 2. The standard InChI is InChI=1S/C21H22F2O5S2.C5H12O2S/c1-2-29(24,25)15-6-8-16(9-7-15)30(26,27)21-12-4-3-5-14(21)13-28-20-18(23)11-10-17(22)19(20)21;1-4-8(6,7)5(2)3/h6-11,14H,2-5,12-13H2,1H3;5H,4H2,1-3H3/t14?,21-;/m0./s1. The molecule has 38 heavy (non-hydrogen) atoms. The molecule has 212 valence electrons. The Hall–Kier alpha value is -2.05. The van der Waals surface area contributed by atoms with Gasteiger partial charge >= 0.3 is 0 Å². The number of hydrogen-bond acceptors (Lipinski definition) is 7. The second-order valence-electron chi connectivity index (χ2n) is 9.76. The van der Waals surface area contributed by atoms with Crippen molar-refractivity contribution in [2.75, 3.05) is 18.1 Å². The van der Waals surface area contributed by atoms with Crippen molar-refractivity contribution in [3.05, 3.63) is 53.6 Å². The van der Waals surface area contributed by atoms with Crippen LogP contribution in [0.1, 0.15) is 58.9 Å². The monoisotopic (exact) mass is 592 g/mol. The zero-order valence-electron chi connectivity index (χ0n) is 21.9. The Bertz CT molecular complexity index is 1480. The summed E-state index contributed by atoms with van der Waals surface area (Å²) in [5, 5.41) is -0.215. The molecule has 1 unspecified atom stereocenters. The van der Waals surface area contributed by atoms with Crippen molar-refractivity contribution in [3.8, 4) is 5.75 Å². The van der Waals surface area contributed by atoms with E-state index in [1.54, 1.807) is 20.8 Å². The van der Waals surface area contributed by atoms with Crippen molar-refractivity contribution < 1.29 is 38.8 Å². The predicted octanol–water partition coefficient (Wildman–Crippen LogP) is 4.84. The van der Waals surface area contributed by atoms with Crippen molar-refractivity contribution in [2.45, 2.75) is 73.2 Å². The third-order valence-electron chi connectivity index (χ3n) is 7.39. The van der Waals surface area contributed by atoms with Crippen LogP contribution in [0.3, 0.4) is 0 Å². The fourth-order valence-corrected chi connectivity index (χ4v) is 9.00. The summed E-state index contributed by atoms with van der Waals surface area (Å²) >= 11 is 0. The van der Waals surface area contributed by atoms with Gasteiger partial charge in [-0.3, -0.25) is 0 Å². The Morgan fingerprint density at radius 1 is 0.868 bits per heavy atom. The molecule has 0 aromatic heterocycles. The van der Waals surface area contributed by atoms with E-state index in [1.807, 2.05) is 0 Å². The third-order valence-corrected chi connectivity index (χ3v) is 14.0.